The van der Waals surface area contributed by atoms with Gasteiger partial charge in [0.05, 0.1) is 6.10 Å². The first kappa shape index (κ1) is 12.1. The van der Waals surface area contributed by atoms with Gasteiger partial charge in [0.2, 0.25) is 5.82 Å². The van der Waals surface area contributed by atoms with Crippen molar-refractivity contribution in [1.82, 2.24) is 10.1 Å². The van der Waals surface area contributed by atoms with Crippen LogP contribution in [0.1, 0.15) is 24.5 Å². The van der Waals surface area contributed by atoms with E-state index in [1.165, 1.54) is 0 Å². The Bertz CT molecular complexity index is 546. The molecule has 18 heavy (non-hydrogen) atoms. The summed E-state index contributed by atoms with van der Waals surface area (Å²) in [5, 5.41) is 3.67. The Morgan fingerprint density at radius 2 is 2.00 bits per heavy atom. The highest BCUT2D eigenvalue weighted by Gasteiger charge is 2.12. The first-order valence-corrected chi connectivity index (χ1v) is 5.47. The molecule has 0 saturated carbocycles. The van der Waals surface area contributed by atoms with Crippen LogP contribution in [0.2, 0.25) is 0 Å². The van der Waals surface area contributed by atoms with Crippen LogP contribution in [0.3, 0.4) is 0 Å². The molecule has 2 rings (SSSR count). The number of carbonyl (C=O) groups is 1. The van der Waals surface area contributed by atoms with E-state index in [1.807, 2.05) is 13.8 Å². The number of aromatic nitrogens is 2. The molecule has 0 atom stereocenters. The summed E-state index contributed by atoms with van der Waals surface area (Å²) < 4.78 is 10.2. The summed E-state index contributed by atoms with van der Waals surface area (Å²) in [4.78, 5) is 14.7. The van der Waals surface area contributed by atoms with Crippen molar-refractivity contribution in [2.24, 2.45) is 5.73 Å². The molecule has 1 amide bonds. The van der Waals surface area contributed by atoms with Gasteiger partial charge in [0.25, 0.3) is 0 Å². The largest absolute Gasteiger partial charge is 0.491 e. The van der Waals surface area contributed by atoms with Gasteiger partial charge in [-0.15, -0.1) is 0 Å². The number of hydrogen-bond donors (Lipinski definition) is 1. The van der Waals surface area contributed by atoms with E-state index in [4.69, 9.17) is 15.0 Å². The molecule has 0 aliphatic carbocycles. The SMILES string of the molecule is CC(C)Oc1ccc(-c2noc(C(N)=O)n2)cc1. The summed E-state index contributed by atoms with van der Waals surface area (Å²) in [7, 11) is 0. The minimum Gasteiger partial charge on any atom is -0.491 e. The molecule has 1 heterocycles. The van der Waals surface area contributed by atoms with Gasteiger partial charge in [0.1, 0.15) is 5.75 Å². The van der Waals surface area contributed by atoms with Crippen molar-refractivity contribution < 1.29 is 14.1 Å². The predicted octanol–water partition coefficient (Wildman–Crippen LogP) is 1.62. The molecule has 6 nitrogen and oxygen atoms in total. The average Bonchev–Trinajstić information content (AvgIpc) is 2.78. The van der Waals surface area contributed by atoms with Crippen LogP contribution in [0.5, 0.6) is 5.75 Å². The lowest BCUT2D eigenvalue weighted by Gasteiger charge is -2.09. The zero-order valence-corrected chi connectivity index (χ0v) is 10.1. The molecule has 0 saturated heterocycles. The maximum atomic E-state index is 10.8. The fourth-order valence-corrected chi connectivity index (χ4v) is 1.40. The van der Waals surface area contributed by atoms with E-state index >= 15 is 0 Å². The van der Waals surface area contributed by atoms with Crippen LogP contribution in [-0.2, 0) is 0 Å². The van der Waals surface area contributed by atoms with Gasteiger partial charge in [0, 0.05) is 5.56 Å². The molecule has 0 bridgehead atoms. The van der Waals surface area contributed by atoms with E-state index in [0.29, 0.717) is 5.82 Å². The fraction of sp³-hybridized carbons (Fsp3) is 0.250. The van der Waals surface area contributed by atoms with Gasteiger partial charge in [-0.25, -0.2) is 0 Å². The molecular formula is C12H13N3O3. The van der Waals surface area contributed by atoms with Gasteiger partial charge in [0.15, 0.2) is 0 Å². The predicted molar refractivity (Wildman–Crippen MR) is 64.0 cm³/mol. The first-order chi connectivity index (χ1) is 8.56. The number of nitrogens with zero attached hydrogens (tertiary/aromatic N) is 2. The Labute approximate surface area is 104 Å². The van der Waals surface area contributed by atoms with E-state index in [-0.39, 0.29) is 12.0 Å². The maximum absolute atomic E-state index is 10.8. The number of ether oxygens (including phenoxy) is 1. The number of rotatable bonds is 4. The van der Waals surface area contributed by atoms with Crippen molar-refractivity contribution in [3.63, 3.8) is 0 Å². The Hall–Kier alpha value is -2.37. The van der Waals surface area contributed by atoms with Crippen molar-refractivity contribution in [2.45, 2.75) is 20.0 Å². The fourth-order valence-electron chi connectivity index (χ4n) is 1.40. The van der Waals surface area contributed by atoms with Gasteiger partial charge in [-0.1, -0.05) is 5.16 Å². The maximum Gasteiger partial charge on any atom is 0.316 e. The summed E-state index contributed by atoms with van der Waals surface area (Å²) >= 11 is 0. The van der Waals surface area contributed by atoms with E-state index in [2.05, 4.69) is 10.1 Å². The monoisotopic (exact) mass is 247 g/mol. The standard InChI is InChI=1S/C12H13N3O3/c1-7(2)17-9-5-3-8(4-6-9)11-14-12(10(13)16)18-15-11/h3-7H,1-2H3,(H2,13,16). The van der Waals surface area contributed by atoms with Crippen molar-refractivity contribution in [2.75, 3.05) is 0 Å². The zero-order chi connectivity index (χ0) is 13.1. The molecule has 0 aliphatic heterocycles. The Balaban J connectivity index is 2.20. The molecule has 0 radical (unpaired) electrons. The molecule has 0 fully saturated rings. The normalized spacial score (nSPS) is 10.6. The quantitative estimate of drug-likeness (QED) is 0.886. The van der Waals surface area contributed by atoms with E-state index in [0.717, 1.165) is 11.3 Å². The molecule has 1 aromatic heterocycles. The van der Waals surface area contributed by atoms with Crippen LogP contribution >= 0.6 is 0 Å². The number of primary amides is 1. The van der Waals surface area contributed by atoms with Gasteiger partial charge >= 0.3 is 11.8 Å². The zero-order valence-electron chi connectivity index (χ0n) is 10.1. The lowest BCUT2D eigenvalue weighted by atomic mass is 10.2. The van der Waals surface area contributed by atoms with Crippen LogP contribution < -0.4 is 10.5 Å². The molecule has 2 aromatic rings. The topological polar surface area (TPSA) is 91.2 Å². The average molecular weight is 247 g/mol. The van der Waals surface area contributed by atoms with Gasteiger partial charge in [-0.2, -0.15) is 4.98 Å². The summed E-state index contributed by atoms with van der Waals surface area (Å²) in [6.07, 6.45) is 0.113. The van der Waals surface area contributed by atoms with Crippen LogP contribution in [0.25, 0.3) is 11.4 Å². The molecule has 0 aliphatic rings. The van der Waals surface area contributed by atoms with Crippen molar-refractivity contribution in [1.29, 1.82) is 0 Å². The van der Waals surface area contributed by atoms with Crippen molar-refractivity contribution in [3.05, 3.63) is 30.2 Å². The van der Waals surface area contributed by atoms with Gasteiger partial charge < -0.3 is 15.0 Å². The minimum atomic E-state index is -0.742. The lowest BCUT2D eigenvalue weighted by Crippen LogP contribution is -2.11. The van der Waals surface area contributed by atoms with E-state index < -0.39 is 5.91 Å². The molecule has 0 unspecified atom stereocenters. The molecule has 6 heteroatoms. The summed E-state index contributed by atoms with van der Waals surface area (Å²) in [5.74, 6) is 0.133. The Morgan fingerprint density at radius 3 is 2.50 bits per heavy atom. The third-order valence-corrected chi connectivity index (χ3v) is 2.12. The van der Waals surface area contributed by atoms with Gasteiger partial charge in [-0.05, 0) is 38.1 Å². The third kappa shape index (κ3) is 2.65. The van der Waals surface area contributed by atoms with Crippen molar-refractivity contribution >= 4 is 5.91 Å². The second-order valence-electron chi connectivity index (χ2n) is 3.98. The summed E-state index contributed by atoms with van der Waals surface area (Å²) in [5.41, 5.74) is 5.75. The second-order valence-corrected chi connectivity index (χ2v) is 3.98. The number of amides is 1. The first-order valence-electron chi connectivity index (χ1n) is 5.47. The number of hydrogen-bond acceptors (Lipinski definition) is 5. The van der Waals surface area contributed by atoms with Gasteiger partial charge in [-0.3, -0.25) is 4.79 Å². The number of carbonyl (C=O) groups excluding carboxylic acids is 1. The highest BCUT2D eigenvalue weighted by Crippen LogP contribution is 2.20. The Morgan fingerprint density at radius 1 is 1.33 bits per heavy atom. The van der Waals surface area contributed by atoms with Crippen LogP contribution in [-0.4, -0.2) is 22.2 Å². The third-order valence-electron chi connectivity index (χ3n) is 2.12. The van der Waals surface area contributed by atoms with Crippen LogP contribution in [0, 0.1) is 0 Å². The number of nitrogens with two attached hydrogens (primary N) is 1. The van der Waals surface area contributed by atoms with Crippen molar-refractivity contribution in [3.8, 4) is 17.1 Å². The molecule has 94 valence electrons. The van der Waals surface area contributed by atoms with E-state index in [9.17, 15) is 4.79 Å². The Kier molecular flexibility index (Phi) is 3.27. The molecule has 2 N–H and O–H groups in total. The van der Waals surface area contributed by atoms with Crippen LogP contribution in [0.15, 0.2) is 28.8 Å². The summed E-state index contributed by atoms with van der Waals surface area (Å²) in [6.45, 7) is 3.90. The summed E-state index contributed by atoms with van der Waals surface area (Å²) in [6, 6.07) is 7.17. The molecular weight excluding hydrogens is 234 g/mol. The highest BCUT2D eigenvalue weighted by molar-refractivity contribution is 5.88. The molecule has 0 spiro atoms. The highest BCUT2D eigenvalue weighted by atomic mass is 16.5. The molecule has 1 aromatic carbocycles. The smallest absolute Gasteiger partial charge is 0.316 e. The second kappa shape index (κ2) is 4.87. The lowest BCUT2D eigenvalue weighted by molar-refractivity contribution is 0.0958. The number of benzene rings is 1. The van der Waals surface area contributed by atoms with E-state index in [1.54, 1.807) is 24.3 Å². The minimum absolute atomic E-state index is 0.113. The van der Waals surface area contributed by atoms with Crippen LogP contribution in [0.4, 0.5) is 0 Å².